The molecule has 3 rings (SSSR count). The standard InChI is InChI=1S/C23H24N2O4S/c1-17-12-14-19(15-13-17)29-16-18(2)24-23(26)21-10-6-7-11-22(21)25-30(27,28)20-8-4-3-5-9-20/h3-15,18,25H,16H2,1-2H3,(H,24,26)/t18-/m0/s1. The number of para-hydroxylation sites is 1. The molecule has 0 aliphatic heterocycles. The molecule has 0 spiro atoms. The van der Waals surface area contributed by atoms with Crippen molar-refractivity contribution in [3.8, 4) is 5.75 Å². The smallest absolute Gasteiger partial charge is 0.261 e. The van der Waals surface area contributed by atoms with Crippen LogP contribution in [-0.4, -0.2) is 27.0 Å². The summed E-state index contributed by atoms with van der Waals surface area (Å²) in [4.78, 5) is 12.9. The average Bonchev–Trinajstić information content (AvgIpc) is 2.74. The fraction of sp³-hybridized carbons (Fsp3) is 0.174. The SMILES string of the molecule is Cc1ccc(OC[C@H](C)NC(=O)c2ccccc2NS(=O)(=O)c2ccccc2)cc1. The van der Waals surface area contributed by atoms with Crippen LogP contribution >= 0.6 is 0 Å². The van der Waals surface area contributed by atoms with Crippen molar-refractivity contribution >= 4 is 21.6 Å². The third-order valence-corrected chi connectivity index (χ3v) is 5.75. The van der Waals surface area contributed by atoms with E-state index >= 15 is 0 Å². The van der Waals surface area contributed by atoms with Gasteiger partial charge in [0.05, 0.1) is 22.2 Å². The number of hydrogen-bond acceptors (Lipinski definition) is 4. The zero-order valence-electron chi connectivity index (χ0n) is 16.8. The number of benzene rings is 3. The van der Waals surface area contributed by atoms with Crippen LogP contribution < -0.4 is 14.8 Å². The monoisotopic (exact) mass is 424 g/mol. The van der Waals surface area contributed by atoms with Crippen LogP contribution in [0.5, 0.6) is 5.75 Å². The van der Waals surface area contributed by atoms with E-state index in [1.54, 1.807) is 42.5 Å². The summed E-state index contributed by atoms with van der Waals surface area (Å²) >= 11 is 0. The number of carbonyl (C=O) groups excluding carboxylic acids is 1. The first-order valence-corrected chi connectivity index (χ1v) is 11.0. The van der Waals surface area contributed by atoms with Crippen LogP contribution in [0.1, 0.15) is 22.8 Å². The molecule has 30 heavy (non-hydrogen) atoms. The van der Waals surface area contributed by atoms with E-state index in [9.17, 15) is 13.2 Å². The normalized spacial score (nSPS) is 12.1. The average molecular weight is 425 g/mol. The number of carbonyl (C=O) groups is 1. The zero-order chi connectivity index (χ0) is 21.6. The molecular weight excluding hydrogens is 400 g/mol. The highest BCUT2D eigenvalue weighted by Gasteiger charge is 2.19. The first-order chi connectivity index (χ1) is 14.3. The second-order valence-corrected chi connectivity index (χ2v) is 8.65. The number of ether oxygens (including phenoxy) is 1. The lowest BCUT2D eigenvalue weighted by atomic mass is 10.1. The van der Waals surface area contributed by atoms with Crippen LogP contribution in [0, 0.1) is 6.92 Å². The van der Waals surface area contributed by atoms with Gasteiger partial charge in [0, 0.05) is 0 Å². The van der Waals surface area contributed by atoms with E-state index in [4.69, 9.17) is 4.74 Å². The summed E-state index contributed by atoms with van der Waals surface area (Å²) in [6.07, 6.45) is 0. The van der Waals surface area contributed by atoms with Gasteiger partial charge in [-0.3, -0.25) is 9.52 Å². The van der Waals surface area contributed by atoms with Crippen LogP contribution in [0.3, 0.4) is 0 Å². The molecule has 2 N–H and O–H groups in total. The van der Waals surface area contributed by atoms with Crippen LogP contribution in [0.2, 0.25) is 0 Å². The molecule has 3 aromatic rings. The molecule has 1 amide bonds. The van der Waals surface area contributed by atoms with Crippen molar-refractivity contribution in [2.45, 2.75) is 24.8 Å². The van der Waals surface area contributed by atoms with Gasteiger partial charge in [-0.2, -0.15) is 0 Å². The van der Waals surface area contributed by atoms with E-state index < -0.39 is 10.0 Å². The minimum Gasteiger partial charge on any atom is -0.491 e. The van der Waals surface area contributed by atoms with Gasteiger partial charge >= 0.3 is 0 Å². The Bertz CT molecular complexity index is 1100. The van der Waals surface area contributed by atoms with Gasteiger partial charge in [0.1, 0.15) is 12.4 Å². The number of anilines is 1. The Morgan fingerprint density at radius 3 is 2.27 bits per heavy atom. The number of rotatable bonds is 8. The molecule has 0 fully saturated rings. The number of sulfonamides is 1. The topological polar surface area (TPSA) is 84.5 Å². The number of amides is 1. The Hall–Kier alpha value is -3.32. The Labute approximate surface area is 177 Å². The molecule has 0 saturated heterocycles. The molecule has 0 bridgehead atoms. The molecule has 0 aromatic heterocycles. The maximum absolute atomic E-state index is 12.8. The van der Waals surface area contributed by atoms with Crippen LogP contribution in [0.25, 0.3) is 0 Å². The van der Waals surface area contributed by atoms with Crippen molar-refractivity contribution in [1.29, 1.82) is 0 Å². The molecule has 0 radical (unpaired) electrons. The summed E-state index contributed by atoms with van der Waals surface area (Å²) in [6, 6.07) is 21.9. The second kappa shape index (κ2) is 9.45. The lowest BCUT2D eigenvalue weighted by Gasteiger charge is -2.17. The van der Waals surface area contributed by atoms with Crippen molar-refractivity contribution in [2.24, 2.45) is 0 Å². The van der Waals surface area contributed by atoms with Gasteiger partial charge in [-0.25, -0.2) is 8.42 Å². The van der Waals surface area contributed by atoms with Gasteiger partial charge < -0.3 is 10.1 Å². The first kappa shape index (κ1) is 21.4. The first-order valence-electron chi connectivity index (χ1n) is 9.52. The van der Waals surface area contributed by atoms with Crippen molar-refractivity contribution in [3.63, 3.8) is 0 Å². The Morgan fingerprint density at radius 2 is 1.57 bits per heavy atom. The molecule has 0 aliphatic rings. The van der Waals surface area contributed by atoms with Crippen molar-refractivity contribution in [1.82, 2.24) is 5.32 Å². The van der Waals surface area contributed by atoms with Gasteiger partial charge in [-0.05, 0) is 50.2 Å². The molecule has 1 atom stereocenters. The highest BCUT2D eigenvalue weighted by atomic mass is 32.2. The molecule has 0 aliphatic carbocycles. The molecule has 7 heteroatoms. The van der Waals surface area contributed by atoms with E-state index in [1.807, 2.05) is 38.1 Å². The van der Waals surface area contributed by atoms with E-state index in [1.165, 1.54) is 12.1 Å². The Balaban J connectivity index is 1.67. The summed E-state index contributed by atoms with van der Waals surface area (Å²) in [5, 5.41) is 2.84. The predicted molar refractivity (Wildman–Crippen MR) is 117 cm³/mol. The van der Waals surface area contributed by atoms with E-state index in [2.05, 4.69) is 10.0 Å². The summed E-state index contributed by atoms with van der Waals surface area (Å²) in [6.45, 7) is 4.10. The molecule has 3 aromatic carbocycles. The van der Waals surface area contributed by atoms with Crippen molar-refractivity contribution < 1.29 is 17.9 Å². The minimum absolute atomic E-state index is 0.125. The van der Waals surface area contributed by atoms with Crippen LogP contribution in [0.4, 0.5) is 5.69 Å². The lowest BCUT2D eigenvalue weighted by Crippen LogP contribution is -2.37. The second-order valence-electron chi connectivity index (χ2n) is 6.96. The van der Waals surface area contributed by atoms with Gasteiger partial charge in [0.25, 0.3) is 15.9 Å². The Kier molecular flexibility index (Phi) is 6.74. The fourth-order valence-electron chi connectivity index (χ4n) is 2.77. The maximum Gasteiger partial charge on any atom is 0.261 e. The summed E-state index contributed by atoms with van der Waals surface area (Å²) in [7, 11) is -3.80. The van der Waals surface area contributed by atoms with Gasteiger partial charge in [0.2, 0.25) is 0 Å². The van der Waals surface area contributed by atoms with Gasteiger partial charge in [-0.1, -0.05) is 48.0 Å². The molecular formula is C23H24N2O4S. The van der Waals surface area contributed by atoms with Crippen molar-refractivity contribution in [2.75, 3.05) is 11.3 Å². The third-order valence-electron chi connectivity index (χ3n) is 4.37. The number of nitrogens with one attached hydrogen (secondary N) is 2. The van der Waals surface area contributed by atoms with Crippen LogP contribution in [-0.2, 0) is 10.0 Å². The molecule has 0 saturated carbocycles. The number of aryl methyl sites for hydroxylation is 1. The highest BCUT2D eigenvalue weighted by molar-refractivity contribution is 7.92. The fourth-order valence-corrected chi connectivity index (χ4v) is 3.87. The van der Waals surface area contributed by atoms with E-state index in [-0.39, 0.29) is 34.7 Å². The minimum atomic E-state index is -3.80. The zero-order valence-corrected chi connectivity index (χ0v) is 17.6. The highest BCUT2D eigenvalue weighted by Crippen LogP contribution is 2.20. The quantitative estimate of drug-likeness (QED) is 0.573. The third kappa shape index (κ3) is 5.61. The Morgan fingerprint density at radius 1 is 0.933 bits per heavy atom. The summed E-state index contributed by atoms with van der Waals surface area (Å²) in [5.74, 6) is 0.332. The largest absolute Gasteiger partial charge is 0.491 e. The predicted octanol–water partition coefficient (Wildman–Crippen LogP) is 3.99. The van der Waals surface area contributed by atoms with Crippen LogP contribution in [0.15, 0.2) is 83.8 Å². The van der Waals surface area contributed by atoms with Gasteiger partial charge in [-0.15, -0.1) is 0 Å². The summed E-state index contributed by atoms with van der Waals surface area (Å²) < 4.78 is 33.4. The molecule has 6 nitrogen and oxygen atoms in total. The van der Waals surface area contributed by atoms with E-state index in [0.29, 0.717) is 0 Å². The lowest BCUT2D eigenvalue weighted by molar-refractivity contribution is 0.0927. The molecule has 0 heterocycles. The molecule has 0 unspecified atom stereocenters. The molecule has 156 valence electrons. The van der Waals surface area contributed by atoms with Crippen molar-refractivity contribution in [3.05, 3.63) is 90.0 Å². The summed E-state index contributed by atoms with van der Waals surface area (Å²) in [5.41, 5.74) is 1.59. The van der Waals surface area contributed by atoms with E-state index in [0.717, 1.165) is 11.3 Å². The number of hydrogen-bond donors (Lipinski definition) is 2. The maximum atomic E-state index is 12.8. The van der Waals surface area contributed by atoms with Gasteiger partial charge in [0.15, 0.2) is 0 Å².